The fourth-order valence-corrected chi connectivity index (χ4v) is 3.51. The van der Waals surface area contributed by atoms with E-state index in [9.17, 15) is 9.59 Å². The van der Waals surface area contributed by atoms with E-state index in [1.807, 2.05) is 0 Å². The lowest BCUT2D eigenvalue weighted by atomic mass is 9.89. The quantitative estimate of drug-likeness (QED) is 0.195. The number of hydrogen-bond donors (Lipinski definition) is 0. The molecule has 0 amide bonds. The molecule has 1 atom stereocenters. The van der Waals surface area contributed by atoms with Crippen LogP contribution < -0.4 is 14.2 Å². The second-order valence-electron chi connectivity index (χ2n) is 7.04. The number of ketones is 1. The van der Waals surface area contributed by atoms with Crippen molar-refractivity contribution in [2.24, 2.45) is 0 Å². The first-order valence-corrected chi connectivity index (χ1v) is 10.2. The van der Waals surface area contributed by atoms with Gasteiger partial charge < -0.3 is 23.7 Å². The summed E-state index contributed by atoms with van der Waals surface area (Å²) in [4.78, 5) is 26.6. The van der Waals surface area contributed by atoms with Crippen molar-refractivity contribution < 1.29 is 33.3 Å². The Labute approximate surface area is 192 Å². The van der Waals surface area contributed by atoms with E-state index in [1.165, 1.54) is 21.3 Å². The van der Waals surface area contributed by atoms with Crippen LogP contribution in [0.1, 0.15) is 32.2 Å². The summed E-state index contributed by atoms with van der Waals surface area (Å²) in [6, 6.07) is 20.4. The Morgan fingerprint density at radius 1 is 0.697 bits per heavy atom. The summed E-state index contributed by atoms with van der Waals surface area (Å²) in [5, 5.41) is 0. The molecule has 172 valence electrons. The zero-order chi connectivity index (χ0) is 23.8. The van der Waals surface area contributed by atoms with Gasteiger partial charge in [0.15, 0.2) is 12.1 Å². The maximum atomic E-state index is 13.9. The highest BCUT2D eigenvalue weighted by Crippen LogP contribution is 2.36. The Balaban J connectivity index is 2.07. The van der Waals surface area contributed by atoms with Crippen molar-refractivity contribution in [1.82, 2.24) is 0 Å². The van der Waals surface area contributed by atoms with E-state index < -0.39 is 18.2 Å². The fraction of sp³-hybridized carbons (Fsp3) is 0.231. The average molecular weight is 450 g/mol. The lowest BCUT2D eigenvalue weighted by Gasteiger charge is -2.25. The van der Waals surface area contributed by atoms with Crippen LogP contribution in [0.2, 0.25) is 0 Å². The molecule has 3 rings (SSSR count). The number of carbonyl (C=O) groups excluding carboxylic acids is 2. The maximum absolute atomic E-state index is 13.9. The number of ether oxygens (including phenoxy) is 5. The Kier molecular flexibility index (Phi) is 8.18. The van der Waals surface area contributed by atoms with Crippen molar-refractivity contribution in [3.63, 3.8) is 0 Å². The molecule has 0 N–H and O–H groups in total. The predicted octanol–water partition coefficient (Wildman–Crippen LogP) is 4.51. The maximum Gasteiger partial charge on any atom is 0.343 e. The molecule has 3 aromatic carbocycles. The molecule has 0 bridgehead atoms. The van der Waals surface area contributed by atoms with Crippen molar-refractivity contribution in [1.29, 1.82) is 0 Å². The summed E-state index contributed by atoms with van der Waals surface area (Å²) in [5.41, 5.74) is 1.11. The minimum Gasteiger partial charge on any atom is -0.497 e. The van der Waals surface area contributed by atoms with Gasteiger partial charge in [-0.2, -0.15) is 0 Å². The van der Waals surface area contributed by atoms with Gasteiger partial charge >= 0.3 is 5.97 Å². The standard InChI is InChI=1S/C26H26O7/c1-29-19-15-13-17(14-16-19)22(26(31-3)32-4)24(27)23-20(30-2)11-8-12-21(23)33-25(28)18-9-6-5-7-10-18/h5-16,22,26H,1-4H3. The number of hydrogen-bond acceptors (Lipinski definition) is 7. The molecule has 7 heteroatoms. The van der Waals surface area contributed by atoms with Gasteiger partial charge in [-0.05, 0) is 42.0 Å². The summed E-state index contributed by atoms with van der Waals surface area (Å²) in [7, 11) is 5.92. The van der Waals surface area contributed by atoms with Gasteiger partial charge in [-0.25, -0.2) is 4.79 Å². The van der Waals surface area contributed by atoms with E-state index in [4.69, 9.17) is 23.7 Å². The number of rotatable bonds is 10. The molecule has 0 fully saturated rings. The third-order valence-corrected chi connectivity index (χ3v) is 5.16. The minimum atomic E-state index is -0.895. The van der Waals surface area contributed by atoms with E-state index in [1.54, 1.807) is 79.9 Å². The molecule has 7 nitrogen and oxygen atoms in total. The number of methoxy groups -OCH3 is 4. The topological polar surface area (TPSA) is 80.3 Å². The highest BCUT2D eigenvalue weighted by molar-refractivity contribution is 6.06. The van der Waals surface area contributed by atoms with E-state index in [-0.39, 0.29) is 22.8 Å². The summed E-state index contributed by atoms with van der Waals surface area (Å²) >= 11 is 0. The summed E-state index contributed by atoms with van der Waals surface area (Å²) in [5.74, 6) is -0.848. The number of carbonyl (C=O) groups is 2. The van der Waals surface area contributed by atoms with E-state index in [0.29, 0.717) is 16.9 Å². The van der Waals surface area contributed by atoms with Crippen LogP contribution in [-0.2, 0) is 9.47 Å². The fourth-order valence-electron chi connectivity index (χ4n) is 3.51. The van der Waals surface area contributed by atoms with Crippen LogP contribution in [-0.4, -0.2) is 46.5 Å². The summed E-state index contributed by atoms with van der Waals surface area (Å²) < 4.78 is 27.2. The van der Waals surface area contributed by atoms with Gasteiger partial charge in [-0.3, -0.25) is 4.79 Å². The van der Waals surface area contributed by atoms with Crippen molar-refractivity contribution >= 4 is 11.8 Å². The first-order chi connectivity index (χ1) is 16.0. The number of benzene rings is 3. The van der Waals surface area contributed by atoms with E-state index in [2.05, 4.69) is 0 Å². The summed E-state index contributed by atoms with van der Waals surface area (Å²) in [6.45, 7) is 0. The van der Waals surface area contributed by atoms with Crippen molar-refractivity contribution in [2.45, 2.75) is 12.2 Å². The van der Waals surface area contributed by atoms with Crippen LogP contribution >= 0.6 is 0 Å². The lowest BCUT2D eigenvalue weighted by Crippen LogP contribution is -2.30. The Morgan fingerprint density at radius 3 is 1.91 bits per heavy atom. The minimum absolute atomic E-state index is 0.0812. The summed E-state index contributed by atoms with van der Waals surface area (Å²) in [6.07, 6.45) is -0.895. The molecule has 0 spiro atoms. The molecule has 0 heterocycles. The van der Waals surface area contributed by atoms with E-state index >= 15 is 0 Å². The largest absolute Gasteiger partial charge is 0.497 e. The molecule has 0 aliphatic rings. The first kappa shape index (κ1) is 24.0. The highest BCUT2D eigenvalue weighted by Gasteiger charge is 2.35. The molecule has 1 unspecified atom stereocenters. The predicted molar refractivity (Wildman–Crippen MR) is 122 cm³/mol. The van der Waals surface area contributed by atoms with Gasteiger partial charge in [0.1, 0.15) is 22.8 Å². The Bertz CT molecular complexity index is 1070. The highest BCUT2D eigenvalue weighted by atomic mass is 16.7. The zero-order valence-electron chi connectivity index (χ0n) is 18.9. The van der Waals surface area contributed by atoms with Crippen LogP contribution in [0.3, 0.4) is 0 Å². The van der Waals surface area contributed by atoms with Crippen molar-refractivity contribution in [3.8, 4) is 17.2 Å². The first-order valence-electron chi connectivity index (χ1n) is 10.2. The van der Waals surface area contributed by atoms with Gasteiger partial charge in [0.2, 0.25) is 0 Å². The molecule has 0 saturated heterocycles. The smallest absolute Gasteiger partial charge is 0.343 e. The normalized spacial score (nSPS) is 11.7. The van der Waals surface area contributed by atoms with Crippen LogP contribution in [0, 0.1) is 0 Å². The van der Waals surface area contributed by atoms with Crippen LogP contribution in [0.4, 0.5) is 0 Å². The lowest BCUT2D eigenvalue weighted by molar-refractivity contribution is -0.110. The molecule has 0 aliphatic heterocycles. The van der Waals surface area contributed by atoms with Gasteiger partial charge in [0.05, 0.1) is 25.7 Å². The van der Waals surface area contributed by atoms with Crippen LogP contribution in [0.15, 0.2) is 72.8 Å². The Hall–Kier alpha value is -3.68. The third kappa shape index (κ3) is 5.39. The molecule has 0 radical (unpaired) electrons. The zero-order valence-corrected chi connectivity index (χ0v) is 18.9. The molecule has 0 aromatic heterocycles. The molecule has 0 aliphatic carbocycles. The SMILES string of the molecule is COc1ccc(C(C(=O)c2c(OC)cccc2OC(=O)c2ccccc2)C(OC)OC)cc1. The molecule has 0 saturated carbocycles. The van der Waals surface area contributed by atoms with Gasteiger partial charge in [-0.1, -0.05) is 36.4 Å². The van der Waals surface area contributed by atoms with Crippen molar-refractivity contribution in [3.05, 3.63) is 89.5 Å². The van der Waals surface area contributed by atoms with E-state index in [0.717, 1.165) is 0 Å². The van der Waals surface area contributed by atoms with Gasteiger partial charge in [-0.15, -0.1) is 0 Å². The second kappa shape index (κ2) is 11.3. The van der Waals surface area contributed by atoms with Gasteiger partial charge in [0.25, 0.3) is 0 Å². The monoisotopic (exact) mass is 450 g/mol. The molecular weight excluding hydrogens is 424 g/mol. The van der Waals surface area contributed by atoms with Crippen LogP contribution in [0.5, 0.6) is 17.2 Å². The van der Waals surface area contributed by atoms with Gasteiger partial charge in [0, 0.05) is 14.2 Å². The van der Waals surface area contributed by atoms with Crippen LogP contribution in [0.25, 0.3) is 0 Å². The molecule has 3 aromatic rings. The Morgan fingerprint density at radius 2 is 1.33 bits per heavy atom. The average Bonchev–Trinajstić information content (AvgIpc) is 2.87. The second-order valence-corrected chi connectivity index (χ2v) is 7.04. The number of esters is 1. The van der Waals surface area contributed by atoms with Crippen molar-refractivity contribution in [2.75, 3.05) is 28.4 Å². The molecular formula is C26H26O7. The third-order valence-electron chi connectivity index (χ3n) is 5.16. The number of Topliss-reactive ketones (excluding diaryl/α,β-unsaturated/α-hetero) is 1. The molecule has 33 heavy (non-hydrogen) atoms.